The number of hydrogen-bond donors (Lipinski definition) is 2. The minimum Gasteiger partial charge on any atom is -0.352 e. The molecule has 1 aromatic heterocycles. The van der Waals surface area contributed by atoms with Crippen molar-refractivity contribution in [2.45, 2.75) is 59.5 Å². The van der Waals surface area contributed by atoms with E-state index in [4.69, 9.17) is 11.6 Å². The van der Waals surface area contributed by atoms with Gasteiger partial charge in [0.05, 0.1) is 6.04 Å². The third-order valence-corrected chi connectivity index (χ3v) is 3.28. The molecule has 2 atom stereocenters. The monoisotopic (exact) mass is 314 g/mol. The van der Waals surface area contributed by atoms with E-state index in [1.807, 2.05) is 20.8 Å². The molecule has 1 heterocycles. The summed E-state index contributed by atoms with van der Waals surface area (Å²) in [7, 11) is 0. The largest absolute Gasteiger partial charge is 0.352 e. The van der Waals surface area contributed by atoms with Crippen LogP contribution in [0.25, 0.3) is 0 Å². The first-order chi connectivity index (χ1) is 9.87. The highest BCUT2D eigenvalue weighted by atomic mass is 35.5. The highest BCUT2D eigenvalue weighted by molar-refractivity contribution is 6.28. The molecule has 0 fully saturated rings. The highest BCUT2D eigenvalue weighted by Crippen LogP contribution is 2.16. The first-order valence-corrected chi connectivity index (χ1v) is 7.49. The maximum atomic E-state index is 11.4. The summed E-state index contributed by atoms with van der Waals surface area (Å²) in [4.78, 5) is 23.9. The molecule has 0 aliphatic carbocycles. The van der Waals surface area contributed by atoms with Crippen LogP contribution in [0.2, 0.25) is 5.28 Å². The van der Waals surface area contributed by atoms with Gasteiger partial charge in [-0.3, -0.25) is 10.2 Å². The van der Waals surface area contributed by atoms with Gasteiger partial charge in [0.1, 0.15) is 0 Å². The van der Waals surface area contributed by atoms with Crippen molar-refractivity contribution < 1.29 is 4.79 Å². The number of rotatable bonds is 7. The molecule has 0 saturated carbocycles. The van der Waals surface area contributed by atoms with Crippen LogP contribution in [0, 0.1) is 0 Å². The summed E-state index contributed by atoms with van der Waals surface area (Å²) in [6.07, 6.45) is 1.75. The molecule has 0 bridgehead atoms. The zero-order valence-electron chi connectivity index (χ0n) is 13.1. The molecule has 0 spiro atoms. The van der Waals surface area contributed by atoms with E-state index in [2.05, 4.69) is 32.6 Å². The van der Waals surface area contributed by atoms with Gasteiger partial charge in [-0.2, -0.15) is 15.0 Å². The molecule has 0 aliphatic rings. The molecule has 0 aromatic carbocycles. The van der Waals surface area contributed by atoms with Crippen LogP contribution in [0.4, 0.5) is 11.9 Å². The summed E-state index contributed by atoms with van der Waals surface area (Å²) >= 11 is 5.96. The Balaban J connectivity index is 3.09. The van der Waals surface area contributed by atoms with Crippen molar-refractivity contribution in [1.82, 2.24) is 20.4 Å². The number of aromatic nitrogens is 3. The summed E-state index contributed by atoms with van der Waals surface area (Å²) in [5.41, 5.74) is 2.72. The molecule has 2 N–H and O–H groups in total. The number of nitrogens with zero attached hydrogens (tertiary/aromatic N) is 4. The van der Waals surface area contributed by atoms with Crippen LogP contribution in [0.5, 0.6) is 0 Å². The van der Waals surface area contributed by atoms with Gasteiger partial charge in [-0.25, -0.2) is 5.01 Å². The lowest BCUT2D eigenvalue weighted by Crippen LogP contribution is -2.47. The van der Waals surface area contributed by atoms with Crippen molar-refractivity contribution >= 4 is 29.4 Å². The fourth-order valence-electron chi connectivity index (χ4n) is 1.54. The van der Waals surface area contributed by atoms with Gasteiger partial charge in [-0.1, -0.05) is 13.8 Å². The zero-order chi connectivity index (χ0) is 16.0. The predicted molar refractivity (Wildman–Crippen MR) is 84.3 cm³/mol. The number of hydrogen-bond acceptors (Lipinski definition) is 6. The number of halogens is 1. The van der Waals surface area contributed by atoms with Crippen LogP contribution < -0.4 is 15.8 Å². The van der Waals surface area contributed by atoms with Crippen LogP contribution in [-0.2, 0) is 4.79 Å². The number of carbonyl (C=O) groups excluding carboxylic acids is 1. The van der Waals surface area contributed by atoms with Crippen LogP contribution >= 0.6 is 11.6 Å². The van der Waals surface area contributed by atoms with Crippen molar-refractivity contribution in [1.29, 1.82) is 0 Å². The van der Waals surface area contributed by atoms with Crippen molar-refractivity contribution in [3.05, 3.63) is 5.28 Å². The second kappa shape index (κ2) is 7.97. The zero-order valence-corrected chi connectivity index (χ0v) is 13.9. The first-order valence-electron chi connectivity index (χ1n) is 7.11. The molecular weight excluding hydrogens is 292 g/mol. The second-order valence-electron chi connectivity index (χ2n) is 4.98. The van der Waals surface area contributed by atoms with Gasteiger partial charge in [0.15, 0.2) is 0 Å². The third kappa shape index (κ3) is 5.34. The van der Waals surface area contributed by atoms with E-state index in [-0.39, 0.29) is 23.3 Å². The van der Waals surface area contributed by atoms with Crippen LogP contribution in [0.1, 0.15) is 47.5 Å². The molecule has 8 heteroatoms. The lowest BCUT2D eigenvalue weighted by Gasteiger charge is -2.28. The van der Waals surface area contributed by atoms with Gasteiger partial charge in [-0.05, 0) is 38.3 Å². The summed E-state index contributed by atoms with van der Waals surface area (Å²) < 4.78 is 0. The SMILES string of the molecule is CC[C@@H](C)N(NC(C)=O)c1nc(Cl)nc(N[C@@H](C)CC)n1. The third-order valence-electron chi connectivity index (χ3n) is 3.11. The summed E-state index contributed by atoms with van der Waals surface area (Å²) in [6, 6.07) is 0.248. The highest BCUT2D eigenvalue weighted by Gasteiger charge is 2.19. The average molecular weight is 315 g/mol. The van der Waals surface area contributed by atoms with E-state index in [1.54, 1.807) is 5.01 Å². The molecule has 0 aliphatic heterocycles. The Labute approximate surface area is 130 Å². The Hall–Kier alpha value is -1.63. The minimum absolute atomic E-state index is 0.0313. The number of hydrazine groups is 1. The van der Waals surface area contributed by atoms with Crippen molar-refractivity contribution in [2.24, 2.45) is 0 Å². The second-order valence-corrected chi connectivity index (χ2v) is 5.32. The molecule has 1 rings (SSSR count). The van der Waals surface area contributed by atoms with Gasteiger partial charge in [-0.15, -0.1) is 0 Å². The fraction of sp³-hybridized carbons (Fsp3) is 0.692. The smallest absolute Gasteiger partial charge is 0.250 e. The van der Waals surface area contributed by atoms with Crippen LogP contribution in [0.15, 0.2) is 0 Å². The lowest BCUT2D eigenvalue weighted by molar-refractivity contribution is -0.119. The van der Waals surface area contributed by atoms with Gasteiger partial charge in [0, 0.05) is 13.0 Å². The van der Waals surface area contributed by atoms with Gasteiger partial charge < -0.3 is 5.32 Å². The van der Waals surface area contributed by atoms with Crippen LogP contribution in [-0.4, -0.2) is 32.9 Å². The lowest BCUT2D eigenvalue weighted by atomic mass is 10.2. The molecule has 1 aromatic rings. The number of anilines is 2. The molecule has 0 saturated heterocycles. The maximum absolute atomic E-state index is 11.4. The van der Waals surface area contributed by atoms with Crippen LogP contribution in [0.3, 0.4) is 0 Å². The van der Waals surface area contributed by atoms with E-state index >= 15 is 0 Å². The van der Waals surface area contributed by atoms with Gasteiger partial charge >= 0.3 is 0 Å². The normalized spacial score (nSPS) is 13.4. The van der Waals surface area contributed by atoms with E-state index in [0.717, 1.165) is 12.8 Å². The van der Waals surface area contributed by atoms with Crippen molar-refractivity contribution in [3.8, 4) is 0 Å². The van der Waals surface area contributed by atoms with Gasteiger partial charge in [0.25, 0.3) is 5.95 Å². The average Bonchev–Trinajstić information content (AvgIpc) is 2.42. The Morgan fingerprint density at radius 1 is 1.24 bits per heavy atom. The van der Waals surface area contributed by atoms with Crippen molar-refractivity contribution in [3.63, 3.8) is 0 Å². The van der Waals surface area contributed by atoms with E-state index in [9.17, 15) is 4.79 Å². The van der Waals surface area contributed by atoms with E-state index < -0.39 is 0 Å². The Kier molecular flexibility index (Phi) is 6.61. The topological polar surface area (TPSA) is 83.0 Å². The minimum atomic E-state index is -0.191. The quantitative estimate of drug-likeness (QED) is 0.752. The van der Waals surface area contributed by atoms with E-state index in [0.29, 0.717) is 11.9 Å². The molecular formula is C13H23ClN6O. The number of nitrogens with one attached hydrogen (secondary N) is 2. The number of amides is 1. The first kappa shape index (κ1) is 17.4. The molecule has 0 radical (unpaired) electrons. The molecule has 118 valence electrons. The molecule has 7 nitrogen and oxygen atoms in total. The Bertz CT molecular complexity index is 484. The Morgan fingerprint density at radius 2 is 1.90 bits per heavy atom. The summed E-state index contributed by atoms with van der Waals surface area (Å²) in [6.45, 7) is 9.51. The van der Waals surface area contributed by atoms with Crippen molar-refractivity contribution in [2.75, 3.05) is 10.3 Å². The number of carbonyl (C=O) groups is 1. The van der Waals surface area contributed by atoms with E-state index in [1.165, 1.54) is 6.92 Å². The standard InChI is InChI=1S/C13H23ClN6O/c1-6-8(3)15-12-16-11(14)17-13(18-12)20(9(4)7-2)19-10(5)21/h8-9H,6-7H2,1-5H3,(H,19,21)(H,15,16,17,18)/t8-,9+/m0/s1. The predicted octanol–water partition coefficient (Wildman–Crippen LogP) is 2.39. The molecule has 1 amide bonds. The van der Waals surface area contributed by atoms with Gasteiger partial charge in [0.2, 0.25) is 17.1 Å². The Morgan fingerprint density at radius 3 is 2.43 bits per heavy atom. The molecule has 21 heavy (non-hydrogen) atoms. The summed E-state index contributed by atoms with van der Waals surface area (Å²) in [5, 5.41) is 4.85. The summed E-state index contributed by atoms with van der Waals surface area (Å²) in [5.74, 6) is 0.534. The maximum Gasteiger partial charge on any atom is 0.250 e. The molecule has 0 unspecified atom stereocenters. The fourth-order valence-corrected chi connectivity index (χ4v) is 1.70.